The zero-order valence-corrected chi connectivity index (χ0v) is 8.39. The molecule has 0 aliphatic heterocycles. The lowest BCUT2D eigenvalue weighted by molar-refractivity contribution is -0.275. The first kappa shape index (κ1) is 10.8. The third-order valence-electron chi connectivity index (χ3n) is 1.74. The van der Waals surface area contributed by atoms with Crippen molar-refractivity contribution >= 4 is 26.7 Å². The molecule has 86 valence electrons. The molecule has 0 aliphatic rings. The molecule has 0 radical (unpaired) electrons. The van der Waals surface area contributed by atoms with Crippen molar-refractivity contribution in [1.29, 1.82) is 0 Å². The number of phenolic OH excluding ortho intramolecular Hbond substituents is 1. The Balaban J connectivity index is 2.52. The van der Waals surface area contributed by atoms with E-state index in [1.54, 1.807) is 0 Å². The van der Waals surface area contributed by atoms with Crippen molar-refractivity contribution in [2.45, 2.75) is 6.36 Å². The number of aromatic hydroxyl groups is 1. The molecule has 0 bridgehead atoms. The number of benzene rings is 1. The normalized spacial score (nSPS) is 11.9. The van der Waals surface area contributed by atoms with Gasteiger partial charge in [0.2, 0.25) is 0 Å². The molecule has 16 heavy (non-hydrogen) atoms. The summed E-state index contributed by atoms with van der Waals surface area (Å²) in [4.78, 5) is 3.81. The standard InChI is InChI=1S/C8H5F3N2O2S/c9-8(10,11)15-4-2-1-3-6(5(4)14)16-7(12)13-3/h1-2,14H,(H2,12,13). The molecule has 2 aromatic rings. The maximum Gasteiger partial charge on any atom is 0.573 e. The van der Waals surface area contributed by atoms with Gasteiger partial charge in [-0.05, 0) is 12.1 Å². The molecule has 0 spiro atoms. The summed E-state index contributed by atoms with van der Waals surface area (Å²) < 4.78 is 39.7. The van der Waals surface area contributed by atoms with Crippen LogP contribution in [0.3, 0.4) is 0 Å². The van der Waals surface area contributed by atoms with E-state index in [0.29, 0.717) is 5.52 Å². The summed E-state index contributed by atoms with van der Waals surface area (Å²) in [5.41, 5.74) is 5.70. The fraction of sp³-hybridized carbons (Fsp3) is 0.125. The van der Waals surface area contributed by atoms with Gasteiger partial charge in [0.05, 0.1) is 5.52 Å². The van der Waals surface area contributed by atoms with E-state index in [9.17, 15) is 18.3 Å². The number of nitrogens with two attached hydrogens (primary N) is 1. The van der Waals surface area contributed by atoms with Crippen molar-refractivity contribution in [3.8, 4) is 11.5 Å². The maximum absolute atomic E-state index is 12.0. The van der Waals surface area contributed by atoms with Gasteiger partial charge in [-0.15, -0.1) is 13.2 Å². The van der Waals surface area contributed by atoms with Crippen LogP contribution in [-0.4, -0.2) is 16.5 Å². The predicted octanol–water partition coefficient (Wildman–Crippen LogP) is 2.48. The summed E-state index contributed by atoms with van der Waals surface area (Å²) in [5, 5.41) is 9.68. The van der Waals surface area contributed by atoms with Crippen molar-refractivity contribution in [3.05, 3.63) is 12.1 Å². The first-order chi connectivity index (χ1) is 7.37. The fourth-order valence-corrected chi connectivity index (χ4v) is 1.95. The van der Waals surface area contributed by atoms with Crippen LogP contribution in [0, 0.1) is 0 Å². The van der Waals surface area contributed by atoms with E-state index >= 15 is 0 Å². The number of hydrogen-bond acceptors (Lipinski definition) is 5. The van der Waals surface area contributed by atoms with Gasteiger partial charge in [-0.1, -0.05) is 11.3 Å². The van der Waals surface area contributed by atoms with Crippen LogP contribution in [0.15, 0.2) is 12.1 Å². The van der Waals surface area contributed by atoms with Gasteiger partial charge < -0.3 is 15.6 Å². The third kappa shape index (κ3) is 1.96. The Morgan fingerprint density at radius 1 is 1.38 bits per heavy atom. The number of ether oxygens (including phenoxy) is 1. The van der Waals surface area contributed by atoms with Gasteiger partial charge in [0.15, 0.2) is 16.6 Å². The van der Waals surface area contributed by atoms with E-state index in [1.165, 1.54) is 6.07 Å². The van der Waals surface area contributed by atoms with Gasteiger partial charge in [-0.3, -0.25) is 0 Å². The van der Waals surface area contributed by atoms with E-state index in [2.05, 4.69) is 9.72 Å². The van der Waals surface area contributed by atoms with Gasteiger partial charge in [0.1, 0.15) is 4.70 Å². The monoisotopic (exact) mass is 250 g/mol. The topological polar surface area (TPSA) is 68.4 Å². The molecular formula is C8H5F3N2O2S. The minimum Gasteiger partial charge on any atom is -0.503 e. The molecule has 0 amide bonds. The molecule has 1 aromatic carbocycles. The van der Waals surface area contributed by atoms with E-state index in [-0.39, 0.29) is 9.83 Å². The highest BCUT2D eigenvalue weighted by Crippen LogP contribution is 2.40. The molecule has 0 atom stereocenters. The summed E-state index contributed by atoms with van der Waals surface area (Å²) in [6, 6.07) is 2.29. The van der Waals surface area contributed by atoms with Gasteiger partial charge in [-0.2, -0.15) is 0 Å². The largest absolute Gasteiger partial charge is 0.573 e. The zero-order chi connectivity index (χ0) is 11.9. The molecular weight excluding hydrogens is 245 g/mol. The number of rotatable bonds is 1. The second-order valence-corrected chi connectivity index (χ2v) is 3.89. The lowest BCUT2D eigenvalue weighted by atomic mass is 10.3. The van der Waals surface area contributed by atoms with Crippen LogP contribution in [0.1, 0.15) is 0 Å². The summed E-state index contributed by atoms with van der Waals surface area (Å²) in [6.07, 6.45) is -4.85. The number of phenols is 1. The Morgan fingerprint density at radius 3 is 2.69 bits per heavy atom. The summed E-state index contributed by atoms with van der Waals surface area (Å²) >= 11 is 0.888. The summed E-state index contributed by atoms with van der Waals surface area (Å²) in [7, 11) is 0. The van der Waals surface area contributed by atoms with Crippen molar-refractivity contribution in [3.63, 3.8) is 0 Å². The number of halogens is 3. The number of fused-ring (bicyclic) bond motifs is 1. The first-order valence-corrected chi connectivity index (χ1v) is 4.82. The van der Waals surface area contributed by atoms with Crippen LogP contribution in [0.2, 0.25) is 0 Å². The Hall–Kier alpha value is -1.70. The number of thiazole rings is 1. The average molecular weight is 250 g/mol. The van der Waals surface area contributed by atoms with Crippen molar-refractivity contribution < 1.29 is 23.0 Å². The van der Waals surface area contributed by atoms with Crippen LogP contribution < -0.4 is 10.5 Å². The van der Waals surface area contributed by atoms with Crippen LogP contribution in [0.5, 0.6) is 11.5 Å². The lowest BCUT2D eigenvalue weighted by Gasteiger charge is -2.09. The Kier molecular flexibility index (Phi) is 2.30. The van der Waals surface area contributed by atoms with Gasteiger partial charge >= 0.3 is 6.36 Å². The van der Waals surface area contributed by atoms with Crippen molar-refractivity contribution in [2.24, 2.45) is 0 Å². The van der Waals surface area contributed by atoms with E-state index in [4.69, 9.17) is 5.73 Å². The highest BCUT2D eigenvalue weighted by Gasteiger charge is 2.32. The van der Waals surface area contributed by atoms with Crippen LogP contribution in [0.4, 0.5) is 18.3 Å². The maximum atomic E-state index is 12.0. The predicted molar refractivity (Wildman–Crippen MR) is 52.4 cm³/mol. The molecule has 4 nitrogen and oxygen atoms in total. The second-order valence-electron chi connectivity index (χ2n) is 2.86. The smallest absolute Gasteiger partial charge is 0.503 e. The van der Waals surface area contributed by atoms with E-state index < -0.39 is 17.9 Å². The second kappa shape index (κ2) is 3.41. The molecule has 3 N–H and O–H groups in total. The number of aromatic nitrogens is 1. The van der Waals surface area contributed by atoms with Crippen LogP contribution in [0.25, 0.3) is 10.2 Å². The summed E-state index contributed by atoms with van der Waals surface area (Å²) in [5.74, 6) is -1.27. The van der Waals surface area contributed by atoms with Crippen molar-refractivity contribution in [1.82, 2.24) is 4.98 Å². The zero-order valence-electron chi connectivity index (χ0n) is 7.58. The summed E-state index contributed by atoms with van der Waals surface area (Å²) in [6.45, 7) is 0. The van der Waals surface area contributed by atoms with Crippen molar-refractivity contribution in [2.75, 3.05) is 5.73 Å². The molecule has 0 fully saturated rings. The van der Waals surface area contributed by atoms with Gasteiger partial charge in [0.25, 0.3) is 0 Å². The highest BCUT2D eigenvalue weighted by molar-refractivity contribution is 7.22. The molecule has 0 saturated carbocycles. The van der Waals surface area contributed by atoms with Crippen LogP contribution >= 0.6 is 11.3 Å². The van der Waals surface area contributed by atoms with E-state index in [1.807, 2.05) is 0 Å². The minimum atomic E-state index is -4.85. The molecule has 8 heteroatoms. The number of nitrogen functional groups attached to an aromatic ring is 1. The highest BCUT2D eigenvalue weighted by atomic mass is 32.1. The van der Waals surface area contributed by atoms with Crippen LogP contribution in [-0.2, 0) is 0 Å². The first-order valence-electron chi connectivity index (χ1n) is 4.00. The molecule has 2 rings (SSSR count). The number of alkyl halides is 3. The van der Waals surface area contributed by atoms with Gasteiger partial charge in [0, 0.05) is 0 Å². The Labute approximate surface area is 91.1 Å². The Morgan fingerprint density at radius 2 is 2.06 bits per heavy atom. The molecule has 0 saturated heterocycles. The fourth-order valence-electron chi connectivity index (χ4n) is 1.18. The third-order valence-corrected chi connectivity index (χ3v) is 2.64. The minimum absolute atomic E-state index is 0.162. The Bertz CT molecular complexity index is 538. The SMILES string of the molecule is Nc1nc2ccc(OC(F)(F)F)c(O)c2s1. The average Bonchev–Trinajstić information content (AvgIpc) is 2.50. The molecule has 0 aliphatic carbocycles. The molecule has 0 unspecified atom stereocenters. The number of nitrogens with zero attached hydrogens (tertiary/aromatic N) is 1. The quantitative estimate of drug-likeness (QED) is 0.815. The molecule has 1 heterocycles. The molecule has 1 aromatic heterocycles. The van der Waals surface area contributed by atoms with Gasteiger partial charge in [-0.25, -0.2) is 4.98 Å². The number of anilines is 1. The lowest BCUT2D eigenvalue weighted by Crippen LogP contribution is -2.17. The van der Waals surface area contributed by atoms with E-state index in [0.717, 1.165) is 17.4 Å². The number of hydrogen-bond donors (Lipinski definition) is 2.